The Bertz CT molecular complexity index is 651. The molecule has 4 heteroatoms. The first kappa shape index (κ1) is 13.8. The summed E-state index contributed by atoms with van der Waals surface area (Å²) in [5.41, 5.74) is 1.60. The van der Waals surface area contributed by atoms with Gasteiger partial charge in [-0.1, -0.05) is 18.2 Å². The molecule has 0 bridgehead atoms. The molecule has 1 heterocycles. The Kier molecular flexibility index (Phi) is 4.15. The highest BCUT2D eigenvalue weighted by atomic mass is 16.3. The van der Waals surface area contributed by atoms with E-state index in [1.54, 1.807) is 37.3 Å². The molecule has 1 aromatic heterocycles. The molecule has 0 unspecified atom stereocenters. The van der Waals surface area contributed by atoms with Crippen LogP contribution in [0.3, 0.4) is 0 Å². The molecule has 0 saturated carbocycles. The Morgan fingerprint density at radius 3 is 2.35 bits per heavy atom. The average molecular weight is 269 g/mol. The van der Waals surface area contributed by atoms with Gasteiger partial charge < -0.3 is 9.73 Å². The molecule has 0 radical (unpaired) electrons. The first-order valence-corrected chi connectivity index (χ1v) is 6.21. The van der Waals surface area contributed by atoms with Crippen molar-refractivity contribution in [2.45, 2.75) is 13.8 Å². The molecule has 20 heavy (non-hydrogen) atoms. The summed E-state index contributed by atoms with van der Waals surface area (Å²) in [6.07, 6.45) is 3.17. The van der Waals surface area contributed by atoms with Crippen LogP contribution in [0.2, 0.25) is 0 Å². The number of rotatable bonds is 4. The van der Waals surface area contributed by atoms with Crippen molar-refractivity contribution < 1.29 is 14.0 Å². The number of hydrogen-bond acceptors (Lipinski definition) is 3. The molecule has 102 valence electrons. The Morgan fingerprint density at radius 1 is 1.10 bits per heavy atom. The van der Waals surface area contributed by atoms with E-state index in [1.807, 2.05) is 12.1 Å². The van der Waals surface area contributed by atoms with Gasteiger partial charge in [-0.2, -0.15) is 0 Å². The Balaban J connectivity index is 2.04. The van der Waals surface area contributed by atoms with Gasteiger partial charge in [0.1, 0.15) is 5.76 Å². The normalized spacial score (nSPS) is 10.7. The summed E-state index contributed by atoms with van der Waals surface area (Å²) in [4.78, 5) is 22.7. The van der Waals surface area contributed by atoms with E-state index >= 15 is 0 Å². The fourth-order valence-corrected chi connectivity index (χ4v) is 1.70. The number of allylic oxidation sites excluding steroid dienone is 1. The van der Waals surface area contributed by atoms with Crippen LogP contribution >= 0.6 is 0 Å². The SMILES string of the molecule is CC(=O)Nc1ccc(C=CC(=O)c2ccc(C)o2)cc1. The Labute approximate surface area is 117 Å². The van der Waals surface area contributed by atoms with Crippen LogP contribution in [0, 0.1) is 6.92 Å². The lowest BCUT2D eigenvalue weighted by atomic mass is 10.1. The molecular weight excluding hydrogens is 254 g/mol. The van der Waals surface area contributed by atoms with Crippen molar-refractivity contribution in [1.29, 1.82) is 0 Å². The Hall–Kier alpha value is -2.62. The number of furan rings is 1. The minimum absolute atomic E-state index is 0.114. The third-order valence-electron chi connectivity index (χ3n) is 2.64. The molecule has 2 rings (SSSR count). The summed E-state index contributed by atoms with van der Waals surface area (Å²) >= 11 is 0. The van der Waals surface area contributed by atoms with Gasteiger partial charge in [0.15, 0.2) is 5.76 Å². The summed E-state index contributed by atoms with van der Waals surface area (Å²) < 4.78 is 5.25. The van der Waals surface area contributed by atoms with E-state index in [1.165, 1.54) is 13.0 Å². The van der Waals surface area contributed by atoms with E-state index < -0.39 is 0 Å². The number of aryl methyl sites for hydroxylation is 1. The molecule has 0 aliphatic rings. The lowest BCUT2D eigenvalue weighted by Crippen LogP contribution is -2.05. The second kappa shape index (κ2) is 6.02. The summed E-state index contributed by atoms with van der Waals surface area (Å²) in [5.74, 6) is 0.746. The number of anilines is 1. The van der Waals surface area contributed by atoms with Gasteiger partial charge in [0.2, 0.25) is 11.7 Å². The third kappa shape index (κ3) is 3.68. The van der Waals surface area contributed by atoms with Crippen molar-refractivity contribution in [2.24, 2.45) is 0 Å². The second-order valence-corrected chi connectivity index (χ2v) is 4.41. The minimum atomic E-state index is -0.177. The van der Waals surface area contributed by atoms with Crippen molar-refractivity contribution in [3.63, 3.8) is 0 Å². The smallest absolute Gasteiger partial charge is 0.221 e. The third-order valence-corrected chi connectivity index (χ3v) is 2.64. The molecule has 0 saturated heterocycles. The summed E-state index contributed by atoms with van der Waals surface area (Å²) in [5, 5.41) is 2.68. The maximum absolute atomic E-state index is 11.8. The van der Waals surface area contributed by atoms with Crippen molar-refractivity contribution in [3.05, 3.63) is 59.6 Å². The van der Waals surface area contributed by atoms with Crippen LogP contribution in [0.25, 0.3) is 6.08 Å². The van der Waals surface area contributed by atoms with Gasteiger partial charge in [0.25, 0.3) is 0 Å². The monoisotopic (exact) mass is 269 g/mol. The van der Waals surface area contributed by atoms with E-state index in [9.17, 15) is 9.59 Å². The highest BCUT2D eigenvalue weighted by Gasteiger charge is 2.05. The maximum atomic E-state index is 11.8. The van der Waals surface area contributed by atoms with Gasteiger partial charge in [0.05, 0.1) is 0 Å². The molecule has 0 fully saturated rings. The van der Waals surface area contributed by atoms with E-state index in [-0.39, 0.29) is 11.7 Å². The quantitative estimate of drug-likeness (QED) is 0.683. The molecule has 1 N–H and O–H groups in total. The predicted octanol–water partition coefficient (Wildman–Crippen LogP) is 3.44. The largest absolute Gasteiger partial charge is 0.458 e. The lowest BCUT2D eigenvalue weighted by Gasteiger charge is -2.01. The highest BCUT2D eigenvalue weighted by Crippen LogP contribution is 2.12. The zero-order valence-corrected chi connectivity index (χ0v) is 11.3. The fourth-order valence-electron chi connectivity index (χ4n) is 1.70. The lowest BCUT2D eigenvalue weighted by molar-refractivity contribution is -0.114. The molecule has 0 aliphatic heterocycles. The van der Waals surface area contributed by atoms with Crippen LogP contribution in [0.15, 0.2) is 46.9 Å². The van der Waals surface area contributed by atoms with E-state index in [2.05, 4.69) is 5.32 Å². The topological polar surface area (TPSA) is 59.3 Å². The van der Waals surface area contributed by atoms with Crippen molar-refractivity contribution in [3.8, 4) is 0 Å². The summed E-state index contributed by atoms with van der Waals surface area (Å²) in [6.45, 7) is 3.25. The van der Waals surface area contributed by atoms with Gasteiger partial charge >= 0.3 is 0 Å². The van der Waals surface area contributed by atoms with Gasteiger partial charge in [-0.05, 0) is 42.8 Å². The summed E-state index contributed by atoms with van der Waals surface area (Å²) in [7, 11) is 0. The molecule has 0 atom stereocenters. The van der Waals surface area contributed by atoms with Crippen molar-refractivity contribution in [1.82, 2.24) is 0 Å². The fraction of sp³-hybridized carbons (Fsp3) is 0.125. The highest BCUT2D eigenvalue weighted by molar-refractivity contribution is 6.04. The summed E-state index contributed by atoms with van der Waals surface area (Å²) in [6, 6.07) is 10.6. The van der Waals surface area contributed by atoms with E-state index in [0.717, 1.165) is 11.3 Å². The molecule has 0 spiro atoms. The van der Waals surface area contributed by atoms with E-state index in [4.69, 9.17) is 4.42 Å². The first-order chi connectivity index (χ1) is 9.54. The number of carbonyl (C=O) groups is 2. The molecular formula is C16H15NO3. The van der Waals surface area contributed by atoms with Crippen LogP contribution in [0.5, 0.6) is 0 Å². The number of ketones is 1. The number of hydrogen-bond donors (Lipinski definition) is 1. The van der Waals surface area contributed by atoms with Crippen LogP contribution in [-0.2, 0) is 4.79 Å². The molecule has 1 aromatic carbocycles. The minimum Gasteiger partial charge on any atom is -0.458 e. The van der Waals surface area contributed by atoms with Gasteiger partial charge in [-0.15, -0.1) is 0 Å². The average Bonchev–Trinajstić information content (AvgIpc) is 2.84. The van der Waals surface area contributed by atoms with Gasteiger partial charge in [-0.25, -0.2) is 0 Å². The number of carbonyl (C=O) groups excluding carboxylic acids is 2. The first-order valence-electron chi connectivity index (χ1n) is 6.21. The molecule has 0 aliphatic carbocycles. The van der Waals surface area contributed by atoms with Crippen LogP contribution in [0.1, 0.15) is 28.8 Å². The zero-order valence-electron chi connectivity index (χ0n) is 11.3. The second-order valence-electron chi connectivity index (χ2n) is 4.41. The molecule has 1 amide bonds. The van der Waals surface area contributed by atoms with E-state index in [0.29, 0.717) is 11.5 Å². The van der Waals surface area contributed by atoms with Crippen molar-refractivity contribution >= 4 is 23.5 Å². The molecule has 4 nitrogen and oxygen atoms in total. The number of nitrogens with one attached hydrogen (secondary N) is 1. The zero-order chi connectivity index (χ0) is 14.5. The van der Waals surface area contributed by atoms with Crippen molar-refractivity contribution in [2.75, 3.05) is 5.32 Å². The number of benzene rings is 1. The number of amides is 1. The van der Waals surface area contributed by atoms with Gasteiger partial charge in [-0.3, -0.25) is 9.59 Å². The van der Waals surface area contributed by atoms with Crippen LogP contribution in [0.4, 0.5) is 5.69 Å². The predicted molar refractivity (Wildman–Crippen MR) is 77.6 cm³/mol. The van der Waals surface area contributed by atoms with Crippen LogP contribution in [-0.4, -0.2) is 11.7 Å². The molecule has 2 aromatic rings. The van der Waals surface area contributed by atoms with Gasteiger partial charge in [0, 0.05) is 12.6 Å². The Morgan fingerprint density at radius 2 is 1.80 bits per heavy atom. The standard InChI is InChI=1S/C16H15NO3/c1-11-3-10-16(20-11)15(19)9-6-13-4-7-14(8-5-13)17-12(2)18/h3-10H,1-2H3,(H,17,18). The maximum Gasteiger partial charge on any atom is 0.221 e. The van der Waals surface area contributed by atoms with Crippen LogP contribution < -0.4 is 5.32 Å².